The number of urea groups is 1. The molecule has 21 heavy (non-hydrogen) atoms. The third-order valence-corrected chi connectivity index (χ3v) is 4.47. The number of nitrogens with one attached hydrogen (secondary N) is 1. The van der Waals surface area contributed by atoms with Crippen molar-refractivity contribution >= 4 is 35.4 Å². The van der Waals surface area contributed by atoms with E-state index in [4.69, 9.17) is 16.3 Å². The van der Waals surface area contributed by atoms with Crippen LogP contribution in [-0.4, -0.2) is 42.3 Å². The van der Waals surface area contributed by atoms with E-state index in [1.54, 1.807) is 29.7 Å². The van der Waals surface area contributed by atoms with Gasteiger partial charge >= 0.3 is 12.0 Å². The average molecular weight is 329 g/mol. The van der Waals surface area contributed by atoms with Gasteiger partial charge in [-0.15, -0.1) is 11.8 Å². The smallest absolute Gasteiger partial charge is 0.325 e. The van der Waals surface area contributed by atoms with E-state index in [1.165, 1.54) is 0 Å². The monoisotopic (exact) mass is 328 g/mol. The van der Waals surface area contributed by atoms with Crippen LogP contribution in [0.2, 0.25) is 5.02 Å². The highest BCUT2D eigenvalue weighted by Crippen LogP contribution is 2.38. The van der Waals surface area contributed by atoms with Crippen molar-refractivity contribution in [3.05, 3.63) is 34.9 Å². The number of rotatable bonds is 4. The Bertz CT molecular complexity index is 527. The standard InChI is InChI=1S/C14H17ClN2O3S/c1-2-20-12(18)9-16-14(19)17-6-7-21-13(17)10-4-3-5-11(15)8-10/h3-5,8,13H,2,6-7,9H2,1H3,(H,16,19)/t13-/m1/s1. The van der Waals surface area contributed by atoms with Gasteiger partial charge in [0.2, 0.25) is 0 Å². The molecule has 1 saturated heterocycles. The third-order valence-electron chi connectivity index (χ3n) is 2.97. The van der Waals surface area contributed by atoms with E-state index in [0.717, 1.165) is 11.3 Å². The van der Waals surface area contributed by atoms with E-state index >= 15 is 0 Å². The first-order valence-corrected chi connectivity index (χ1v) is 8.11. The minimum Gasteiger partial charge on any atom is -0.465 e. The molecule has 2 amide bonds. The molecule has 1 aliphatic heterocycles. The number of hydrogen-bond donors (Lipinski definition) is 1. The van der Waals surface area contributed by atoms with E-state index in [9.17, 15) is 9.59 Å². The molecule has 1 fully saturated rings. The van der Waals surface area contributed by atoms with Gasteiger partial charge in [-0.2, -0.15) is 0 Å². The quantitative estimate of drug-likeness (QED) is 0.863. The first-order chi connectivity index (χ1) is 10.1. The third kappa shape index (κ3) is 4.28. The molecule has 1 aromatic carbocycles. The zero-order valence-electron chi connectivity index (χ0n) is 11.7. The second-order valence-corrected chi connectivity index (χ2v) is 6.06. The van der Waals surface area contributed by atoms with Crippen LogP contribution in [0.1, 0.15) is 17.9 Å². The Morgan fingerprint density at radius 3 is 3.05 bits per heavy atom. The van der Waals surface area contributed by atoms with Crippen molar-refractivity contribution < 1.29 is 14.3 Å². The highest BCUT2D eigenvalue weighted by Gasteiger charge is 2.30. The first kappa shape index (κ1) is 16.0. The van der Waals surface area contributed by atoms with Crippen LogP contribution in [-0.2, 0) is 9.53 Å². The predicted molar refractivity (Wildman–Crippen MR) is 83.4 cm³/mol. The molecule has 5 nitrogen and oxygen atoms in total. The fourth-order valence-corrected chi connectivity index (χ4v) is 3.52. The number of esters is 1. The number of carbonyl (C=O) groups is 2. The van der Waals surface area contributed by atoms with E-state index < -0.39 is 5.97 Å². The van der Waals surface area contributed by atoms with Crippen LogP contribution in [0.3, 0.4) is 0 Å². The summed E-state index contributed by atoms with van der Waals surface area (Å²) in [5.74, 6) is 0.418. The normalized spacial score (nSPS) is 17.6. The second-order valence-electron chi connectivity index (χ2n) is 4.44. The van der Waals surface area contributed by atoms with Crippen LogP contribution in [0.5, 0.6) is 0 Å². The lowest BCUT2D eigenvalue weighted by Gasteiger charge is -2.24. The summed E-state index contributed by atoms with van der Waals surface area (Å²) in [5, 5.41) is 3.16. The molecule has 0 saturated carbocycles. The summed E-state index contributed by atoms with van der Waals surface area (Å²) in [6, 6.07) is 7.20. The van der Waals surface area contributed by atoms with E-state index in [0.29, 0.717) is 18.2 Å². The van der Waals surface area contributed by atoms with Gasteiger partial charge in [0, 0.05) is 17.3 Å². The molecule has 1 atom stereocenters. The van der Waals surface area contributed by atoms with Crippen LogP contribution < -0.4 is 5.32 Å². The van der Waals surface area contributed by atoms with Crippen LogP contribution >= 0.6 is 23.4 Å². The summed E-state index contributed by atoms with van der Waals surface area (Å²) in [7, 11) is 0. The minimum absolute atomic E-state index is 0.0779. The first-order valence-electron chi connectivity index (χ1n) is 6.69. The molecule has 7 heteroatoms. The maximum atomic E-state index is 12.2. The number of amides is 2. The van der Waals surface area contributed by atoms with Gasteiger partial charge in [0.25, 0.3) is 0 Å². The molecule has 1 aliphatic rings. The van der Waals surface area contributed by atoms with Crippen LogP contribution in [0.4, 0.5) is 4.79 Å². The van der Waals surface area contributed by atoms with Gasteiger partial charge in [-0.1, -0.05) is 23.7 Å². The molecule has 1 N–H and O–H groups in total. The van der Waals surface area contributed by atoms with Crippen molar-refractivity contribution in [2.45, 2.75) is 12.3 Å². The summed E-state index contributed by atoms with van der Waals surface area (Å²) in [6.07, 6.45) is 0. The van der Waals surface area contributed by atoms with Crippen LogP contribution in [0, 0.1) is 0 Å². The number of carbonyl (C=O) groups excluding carboxylic acids is 2. The number of nitrogens with zero attached hydrogens (tertiary/aromatic N) is 1. The molecule has 0 aromatic heterocycles. The zero-order chi connectivity index (χ0) is 15.2. The van der Waals surface area contributed by atoms with Gasteiger partial charge in [0.1, 0.15) is 11.9 Å². The maximum absolute atomic E-state index is 12.2. The summed E-state index contributed by atoms with van der Waals surface area (Å²) in [5.41, 5.74) is 0.983. The molecule has 2 rings (SSSR count). The lowest BCUT2D eigenvalue weighted by atomic mass is 10.2. The number of thioether (sulfide) groups is 1. The average Bonchev–Trinajstić information content (AvgIpc) is 2.94. The van der Waals surface area contributed by atoms with Crippen molar-refractivity contribution in [2.24, 2.45) is 0 Å². The molecule has 0 bridgehead atoms. The van der Waals surface area contributed by atoms with Crippen LogP contribution in [0.25, 0.3) is 0 Å². The molecule has 0 radical (unpaired) electrons. The molecule has 1 heterocycles. The van der Waals surface area contributed by atoms with E-state index in [-0.39, 0.29) is 17.9 Å². The summed E-state index contributed by atoms with van der Waals surface area (Å²) < 4.78 is 4.79. The molecular weight excluding hydrogens is 312 g/mol. The van der Waals surface area contributed by atoms with E-state index in [2.05, 4.69) is 5.32 Å². The SMILES string of the molecule is CCOC(=O)CNC(=O)N1CCS[C@@H]1c1cccc(Cl)c1. The Morgan fingerprint density at radius 2 is 2.33 bits per heavy atom. The second kappa shape index (κ2) is 7.56. The van der Waals surface area contributed by atoms with Crippen molar-refractivity contribution in [1.82, 2.24) is 10.2 Å². The number of halogens is 1. The minimum atomic E-state index is -0.433. The fourth-order valence-electron chi connectivity index (χ4n) is 2.08. The zero-order valence-corrected chi connectivity index (χ0v) is 13.2. The van der Waals surface area contributed by atoms with Crippen molar-refractivity contribution in [2.75, 3.05) is 25.4 Å². The predicted octanol–water partition coefficient (Wildman–Crippen LogP) is 2.66. The van der Waals surface area contributed by atoms with Gasteiger partial charge < -0.3 is 15.0 Å². The highest BCUT2D eigenvalue weighted by atomic mass is 35.5. The van der Waals surface area contributed by atoms with Gasteiger partial charge in [-0.3, -0.25) is 4.79 Å². The Morgan fingerprint density at radius 1 is 1.52 bits per heavy atom. The van der Waals surface area contributed by atoms with Crippen molar-refractivity contribution in [3.8, 4) is 0 Å². The molecule has 1 aromatic rings. The summed E-state index contributed by atoms with van der Waals surface area (Å²) >= 11 is 7.67. The number of ether oxygens (including phenoxy) is 1. The maximum Gasteiger partial charge on any atom is 0.325 e. The van der Waals surface area contributed by atoms with Crippen molar-refractivity contribution in [3.63, 3.8) is 0 Å². The number of hydrogen-bond acceptors (Lipinski definition) is 4. The van der Waals surface area contributed by atoms with Gasteiger partial charge in [-0.25, -0.2) is 4.79 Å². The molecule has 0 spiro atoms. The summed E-state index contributed by atoms with van der Waals surface area (Å²) in [4.78, 5) is 25.2. The highest BCUT2D eigenvalue weighted by molar-refractivity contribution is 7.99. The Balaban J connectivity index is 1.98. The molecule has 0 aliphatic carbocycles. The van der Waals surface area contributed by atoms with Gasteiger partial charge in [-0.05, 0) is 24.6 Å². The topological polar surface area (TPSA) is 58.6 Å². The van der Waals surface area contributed by atoms with Gasteiger partial charge in [0.05, 0.1) is 6.61 Å². The van der Waals surface area contributed by atoms with Crippen molar-refractivity contribution in [1.29, 1.82) is 0 Å². The lowest BCUT2D eigenvalue weighted by molar-refractivity contribution is -0.141. The van der Waals surface area contributed by atoms with Crippen LogP contribution in [0.15, 0.2) is 24.3 Å². The number of benzene rings is 1. The fraction of sp³-hybridized carbons (Fsp3) is 0.429. The largest absolute Gasteiger partial charge is 0.465 e. The Hall–Kier alpha value is -1.40. The summed E-state index contributed by atoms with van der Waals surface area (Å²) in [6.45, 7) is 2.55. The molecule has 0 unspecified atom stereocenters. The lowest BCUT2D eigenvalue weighted by Crippen LogP contribution is -2.41. The molecular formula is C14H17ClN2O3S. The Labute approximate surface area is 133 Å². The van der Waals surface area contributed by atoms with E-state index in [1.807, 2.05) is 18.2 Å². The Kier molecular flexibility index (Phi) is 5.76. The molecule has 114 valence electrons. The van der Waals surface area contributed by atoms with Gasteiger partial charge in [0.15, 0.2) is 0 Å².